The van der Waals surface area contributed by atoms with Gasteiger partial charge in [0.1, 0.15) is 12.6 Å². The van der Waals surface area contributed by atoms with Gasteiger partial charge in [-0.2, -0.15) is 0 Å². The number of hydrogen-bond acceptors (Lipinski definition) is 5. The third-order valence-electron chi connectivity index (χ3n) is 4.75. The highest BCUT2D eigenvalue weighted by Gasteiger charge is 2.44. The van der Waals surface area contributed by atoms with Gasteiger partial charge in [0.15, 0.2) is 0 Å². The molecular weight excluding hydrogens is 376 g/mol. The molecule has 1 N–H and O–H groups in total. The van der Waals surface area contributed by atoms with Crippen molar-refractivity contribution in [3.8, 4) is 0 Å². The molecule has 3 rings (SSSR count). The van der Waals surface area contributed by atoms with Gasteiger partial charge < -0.3 is 5.32 Å². The molecule has 29 heavy (non-hydrogen) atoms. The lowest BCUT2D eigenvalue weighted by Gasteiger charge is -2.19. The van der Waals surface area contributed by atoms with Gasteiger partial charge in [-0.05, 0) is 39.0 Å². The first-order valence-electron chi connectivity index (χ1n) is 8.95. The number of nitrogens with zero attached hydrogens (tertiary/aromatic N) is 3. The second-order valence-electron chi connectivity index (χ2n) is 6.90. The fraction of sp³-hybridized carbons (Fsp3) is 0.250. The number of anilines is 2. The second-order valence-corrected chi connectivity index (χ2v) is 6.90. The number of carbonyl (C=O) groups is 3. The number of nitro groups is 1. The van der Waals surface area contributed by atoms with Crippen LogP contribution in [0.3, 0.4) is 0 Å². The number of benzene rings is 2. The Morgan fingerprint density at radius 3 is 2.41 bits per heavy atom. The molecule has 0 bridgehead atoms. The molecule has 9 nitrogen and oxygen atoms in total. The van der Waals surface area contributed by atoms with E-state index in [0.717, 1.165) is 10.5 Å². The predicted molar refractivity (Wildman–Crippen MR) is 107 cm³/mol. The average Bonchev–Trinajstić information content (AvgIpc) is 2.87. The molecule has 0 spiro atoms. The van der Waals surface area contributed by atoms with Crippen LogP contribution in [0.2, 0.25) is 0 Å². The van der Waals surface area contributed by atoms with Gasteiger partial charge in [-0.3, -0.25) is 29.5 Å². The molecule has 4 amide bonds. The lowest BCUT2D eigenvalue weighted by Crippen LogP contribution is -2.39. The lowest BCUT2D eigenvalue weighted by molar-refractivity contribution is -0.385. The molecule has 0 aromatic heterocycles. The van der Waals surface area contributed by atoms with Gasteiger partial charge >= 0.3 is 6.03 Å². The van der Waals surface area contributed by atoms with Crippen molar-refractivity contribution in [2.24, 2.45) is 0 Å². The maximum Gasteiger partial charge on any atom is 0.332 e. The van der Waals surface area contributed by atoms with Gasteiger partial charge in [0, 0.05) is 23.0 Å². The van der Waals surface area contributed by atoms with E-state index < -0.39 is 35.4 Å². The van der Waals surface area contributed by atoms with Crippen molar-refractivity contribution in [3.63, 3.8) is 0 Å². The van der Waals surface area contributed by atoms with Crippen LogP contribution in [-0.2, 0) is 9.59 Å². The third-order valence-corrected chi connectivity index (χ3v) is 4.75. The minimum absolute atomic E-state index is 0.129. The Bertz CT molecular complexity index is 1000. The Labute approximate surface area is 167 Å². The van der Waals surface area contributed by atoms with Crippen LogP contribution < -0.4 is 10.2 Å². The van der Waals surface area contributed by atoms with Crippen molar-refractivity contribution in [1.82, 2.24) is 4.90 Å². The molecule has 2 aromatic rings. The van der Waals surface area contributed by atoms with E-state index in [1.54, 1.807) is 26.0 Å². The Kier molecular flexibility index (Phi) is 5.31. The number of carbonyl (C=O) groups excluding carboxylic acids is 3. The molecular formula is C20H20N4O5. The minimum atomic E-state index is -0.738. The van der Waals surface area contributed by atoms with E-state index in [1.807, 2.05) is 19.1 Å². The van der Waals surface area contributed by atoms with Crippen molar-refractivity contribution in [1.29, 1.82) is 0 Å². The maximum absolute atomic E-state index is 12.7. The standard InChI is InChI=1S/C20H20N4O5/c1-12-4-8-16(9-5-12)23-14(3)19(26)22(20(23)27)11-18(25)21-15-7-6-13(2)17(10-15)24(28)29/h4-10,14H,11H2,1-3H3,(H,21,25). The first-order chi connectivity index (χ1) is 13.7. The summed E-state index contributed by atoms with van der Waals surface area (Å²) in [5, 5.41) is 13.5. The van der Waals surface area contributed by atoms with Crippen LogP contribution in [0.5, 0.6) is 0 Å². The molecule has 0 aliphatic carbocycles. The first-order valence-corrected chi connectivity index (χ1v) is 8.95. The zero-order valence-corrected chi connectivity index (χ0v) is 16.2. The fourth-order valence-electron chi connectivity index (χ4n) is 3.14. The summed E-state index contributed by atoms with van der Waals surface area (Å²) >= 11 is 0. The SMILES string of the molecule is Cc1ccc(N2C(=O)N(CC(=O)Nc3ccc(C)c([N+](=O)[O-])c3)C(=O)C2C)cc1. The molecule has 1 aliphatic heterocycles. The Balaban J connectivity index is 1.74. The highest BCUT2D eigenvalue weighted by atomic mass is 16.6. The van der Waals surface area contributed by atoms with Crippen LogP contribution in [0.1, 0.15) is 18.1 Å². The van der Waals surface area contributed by atoms with E-state index in [2.05, 4.69) is 5.32 Å². The van der Waals surface area contributed by atoms with Gasteiger partial charge in [0.2, 0.25) is 5.91 Å². The fourth-order valence-corrected chi connectivity index (χ4v) is 3.14. The number of imide groups is 1. The molecule has 1 heterocycles. The minimum Gasteiger partial charge on any atom is -0.324 e. The molecule has 1 unspecified atom stereocenters. The normalized spacial score (nSPS) is 16.3. The number of nitro benzene ring substituents is 1. The van der Waals surface area contributed by atoms with E-state index in [1.165, 1.54) is 23.1 Å². The Morgan fingerprint density at radius 2 is 1.79 bits per heavy atom. The number of aryl methyl sites for hydroxylation is 2. The molecule has 0 radical (unpaired) electrons. The number of rotatable bonds is 5. The third kappa shape index (κ3) is 3.93. The lowest BCUT2D eigenvalue weighted by atomic mass is 10.2. The van der Waals surface area contributed by atoms with Crippen LogP contribution in [0, 0.1) is 24.0 Å². The quantitative estimate of drug-likeness (QED) is 0.474. The molecule has 150 valence electrons. The van der Waals surface area contributed by atoms with E-state index in [0.29, 0.717) is 11.3 Å². The maximum atomic E-state index is 12.7. The zero-order chi connectivity index (χ0) is 21.3. The van der Waals surface area contributed by atoms with E-state index in [4.69, 9.17) is 0 Å². The number of nitrogens with one attached hydrogen (secondary N) is 1. The van der Waals surface area contributed by atoms with Gasteiger partial charge in [0.05, 0.1) is 4.92 Å². The summed E-state index contributed by atoms with van der Waals surface area (Å²) in [6.07, 6.45) is 0. The summed E-state index contributed by atoms with van der Waals surface area (Å²) in [4.78, 5) is 50.4. The van der Waals surface area contributed by atoms with Crippen LogP contribution in [0.25, 0.3) is 0 Å². The summed E-state index contributed by atoms with van der Waals surface area (Å²) in [5.74, 6) is -1.11. The van der Waals surface area contributed by atoms with Crippen LogP contribution in [-0.4, -0.2) is 40.3 Å². The summed E-state index contributed by atoms with van der Waals surface area (Å²) in [6, 6.07) is 10.1. The highest BCUT2D eigenvalue weighted by Crippen LogP contribution is 2.26. The molecule has 1 atom stereocenters. The summed E-state index contributed by atoms with van der Waals surface area (Å²) in [5.41, 5.74) is 2.13. The second kappa shape index (κ2) is 7.70. The van der Waals surface area contributed by atoms with Gasteiger partial charge in [-0.25, -0.2) is 4.79 Å². The van der Waals surface area contributed by atoms with Crippen molar-refractivity contribution in [3.05, 3.63) is 63.7 Å². The summed E-state index contributed by atoms with van der Waals surface area (Å²) < 4.78 is 0. The van der Waals surface area contributed by atoms with Crippen LogP contribution in [0.15, 0.2) is 42.5 Å². The molecule has 9 heteroatoms. The summed E-state index contributed by atoms with van der Waals surface area (Å²) in [7, 11) is 0. The Hall–Kier alpha value is -3.75. The van der Waals surface area contributed by atoms with E-state index in [-0.39, 0.29) is 11.4 Å². The van der Waals surface area contributed by atoms with Crippen molar-refractivity contribution >= 4 is 34.9 Å². The average molecular weight is 396 g/mol. The highest BCUT2D eigenvalue weighted by molar-refractivity contribution is 6.16. The molecule has 1 fully saturated rings. The number of hydrogen-bond donors (Lipinski definition) is 1. The van der Waals surface area contributed by atoms with Crippen LogP contribution in [0.4, 0.5) is 21.9 Å². The number of urea groups is 1. The van der Waals surface area contributed by atoms with Gasteiger partial charge in [0.25, 0.3) is 11.6 Å². The molecule has 0 saturated carbocycles. The van der Waals surface area contributed by atoms with Crippen molar-refractivity contribution in [2.45, 2.75) is 26.8 Å². The van der Waals surface area contributed by atoms with Crippen molar-refractivity contribution in [2.75, 3.05) is 16.8 Å². The smallest absolute Gasteiger partial charge is 0.324 e. The molecule has 1 aliphatic rings. The molecule has 2 aromatic carbocycles. The van der Waals surface area contributed by atoms with Gasteiger partial charge in [-0.15, -0.1) is 0 Å². The van der Waals surface area contributed by atoms with E-state index >= 15 is 0 Å². The molecule has 1 saturated heterocycles. The predicted octanol–water partition coefficient (Wildman–Crippen LogP) is 3.01. The van der Waals surface area contributed by atoms with Gasteiger partial charge in [-0.1, -0.05) is 23.8 Å². The van der Waals surface area contributed by atoms with Crippen LogP contribution >= 0.6 is 0 Å². The largest absolute Gasteiger partial charge is 0.332 e. The first kappa shape index (κ1) is 20.0. The summed E-state index contributed by atoms with van der Waals surface area (Å²) in [6.45, 7) is 4.62. The number of amides is 4. The monoisotopic (exact) mass is 396 g/mol. The topological polar surface area (TPSA) is 113 Å². The van der Waals surface area contributed by atoms with Crippen molar-refractivity contribution < 1.29 is 19.3 Å². The zero-order valence-electron chi connectivity index (χ0n) is 16.2. The Morgan fingerprint density at radius 1 is 1.14 bits per heavy atom. The van der Waals surface area contributed by atoms with E-state index in [9.17, 15) is 24.5 Å².